The number of carbonyl (C=O) groups excluding carboxylic acids is 1. The van der Waals surface area contributed by atoms with E-state index in [2.05, 4.69) is 6.92 Å². The van der Waals surface area contributed by atoms with Crippen molar-refractivity contribution >= 4 is 5.78 Å². The van der Waals surface area contributed by atoms with Crippen LogP contribution in [0.25, 0.3) is 0 Å². The molecule has 0 fully saturated rings. The Morgan fingerprint density at radius 3 is 2.76 bits per heavy atom. The second kappa shape index (κ2) is 9.40. The summed E-state index contributed by atoms with van der Waals surface area (Å²) >= 11 is 0. The van der Waals surface area contributed by atoms with E-state index in [0.717, 1.165) is 24.8 Å². The molecule has 1 unspecified atom stereocenters. The summed E-state index contributed by atoms with van der Waals surface area (Å²) < 4.78 is 5.04. The Hall–Kier alpha value is -1.55. The number of unbranched alkanes of at least 4 members (excludes halogenated alkanes) is 2. The first-order chi connectivity index (χ1) is 10.1. The molecule has 4 heteroatoms. The lowest BCUT2D eigenvalue weighted by molar-refractivity contribution is -0.121. The summed E-state index contributed by atoms with van der Waals surface area (Å²) in [4.78, 5) is 11.8. The topological polar surface area (TPSA) is 66.8 Å². The third kappa shape index (κ3) is 6.63. The molecular weight excluding hydrogens is 269 g/mol. The predicted molar refractivity (Wildman–Crippen MR) is 82.8 cm³/mol. The van der Waals surface area contributed by atoms with Gasteiger partial charge in [-0.2, -0.15) is 0 Å². The number of methoxy groups -OCH3 is 1. The maximum Gasteiger partial charge on any atom is 0.160 e. The van der Waals surface area contributed by atoms with Gasteiger partial charge in [-0.15, -0.1) is 0 Å². The minimum absolute atomic E-state index is 0.0750. The number of hydrogen-bond donors (Lipinski definition) is 2. The van der Waals surface area contributed by atoms with Crippen LogP contribution in [0.4, 0.5) is 0 Å². The van der Waals surface area contributed by atoms with Gasteiger partial charge in [-0.1, -0.05) is 32.3 Å². The molecule has 1 aromatic carbocycles. The molecule has 0 spiro atoms. The maximum absolute atomic E-state index is 11.8. The minimum Gasteiger partial charge on any atom is -0.504 e. The molecule has 0 saturated carbocycles. The molecule has 0 heterocycles. The predicted octanol–water partition coefficient (Wildman–Crippen LogP) is 3.23. The van der Waals surface area contributed by atoms with Crippen molar-refractivity contribution in [1.82, 2.24) is 0 Å². The number of hydrogen-bond acceptors (Lipinski definition) is 4. The van der Waals surface area contributed by atoms with Crippen LogP contribution >= 0.6 is 0 Å². The van der Waals surface area contributed by atoms with Gasteiger partial charge in [0.25, 0.3) is 0 Å². The average Bonchev–Trinajstić information content (AvgIpc) is 2.46. The number of benzene rings is 1. The Morgan fingerprint density at radius 1 is 1.33 bits per heavy atom. The van der Waals surface area contributed by atoms with E-state index in [0.29, 0.717) is 25.0 Å². The van der Waals surface area contributed by atoms with Crippen molar-refractivity contribution in [3.63, 3.8) is 0 Å². The van der Waals surface area contributed by atoms with Crippen LogP contribution in [-0.4, -0.2) is 29.2 Å². The summed E-state index contributed by atoms with van der Waals surface area (Å²) in [6, 6.07) is 5.08. The number of aliphatic hydroxyl groups excluding tert-OH is 1. The molecule has 2 N–H and O–H groups in total. The van der Waals surface area contributed by atoms with Crippen molar-refractivity contribution in [2.75, 3.05) is 7.11 Å². The number of aliphatic hydroxyl groups is 1. The highest BCUT2D eigenvalue weighted by molar-refractivity contribution is 5.79. The van der Waals surface area contributed by atoms with E-state index in [4.69, 9.17) is 4.74 Å². The fourth-order valence-corrected chi connectivity index (χ4v) is 2.26. The lowest BCUT2D eigenvalue weighted by Gasteiger charge is -2.10. The van der Waals surface area contributed by atoms with Gasteiger partial charge in [-0.3, -0.25) is 4.79 Å². The molecule has 4 nitrogen and oxygen atoms in total. The van der Waals surface area contributed by atoms with Crippen LogP contribution in [0.1, 0.15) is 51.0 Å². The molecule has 0 aliphatic heterocycles. The van der Waals surface area contributed by atoms with E-state index in [9.17, 15) is 15.0 Å². The third-order valence-corrected chi connectivity index (χ3v) is 3.54. The highest BCUT2D eigenvalue weighted by Gasteiger charge is 2.11. The van der Waals surface area contributed by atoms with Crippen LogP contribution in [0.3, 0.4) is 0 Å². The molecule has 0 aliphatic carbocycles. The fraction of sp³-hybridized carbons (Fsp3) is 0.588. The van der Waals surface area contributed by atoms with Gasteiger partial charge in [0, 0.05) is 12.8 Å². The van der Waals surface area contributed by atoms with Crippen LogP contribution in [-0.2, 0) is 11.2 Å². The number of rotatable bonds is 10. The Morgan fingerprint density at radius 2 is 2.10 bits per heavy atom. The van der Waals surface area contributed by atoms with Crippen molar-refractivity contribution in [3.8, 4) is 11.5 Å². The average molecular weight is 295 g/mol. The minimum atomic E-state index is -0.515. The first-order valence-electron chi connectivity index (χ1n) is 7.62. The summed E-state index contributed by atoms with van der Waals surface area (Å²) in [5, 5.41) is 19.3. The fourth-order valence-electron chi connectivity index (χ4n) is 2.26. The van der Waals surface area contributed by atoms with Gasteiger partial charge in [-0.05, 0) is 30.5 Å². The van der Waals surface area contributed by atoms with Crippen molar-refractivity contribution in [3.05, 3.63) is 23.8 Å². The van der Waals surface area contributed by atoms with Gasteiger partial charge in [0.1, 0.15) is 5.78 Å². The molecule has 21 heavy (non-hydrogen) atoms. The highest BCUT2D eigenvalue weighted by atomic mass is 16.5. The molecule has 0 amide bonds. The number of carbonyl (C=O) groups is 1. The Balaban J connectivity index is 2.35. The zero-order valence-electron chi connectivity index (χ0n) is 13.0. The normalized spacial score (nSPS) is 12.1. The second-order valence-corrected chi connectivity index (χ2v) is 5.40. The standard InChI is InChI=1S/C17H26O4/c1-3-4-5-6-14(18)12-15(19)9-7-13-8-10-16(20)17(11-13)21-2/h8,10-11,14,18,20H,3-7,9,12H2,1-2H3/i12+1. The van der Waals surface area contributed by atoms with E-state index >= 15 is 0 Å². The molecule has 118 valence electrons. The SMILES string of the molecule is CCCCCC(O)[13CH2]C(=O)CCc1ccc(O)c(OC)c1. The lowest BCUT2D eigenvalue weighted by atomic mass is 10.1. The van der Waals surface area contributed by atoms with Gasteiger partial charge in [-0.25, -0.2) is 0 Å². The van der Waals surface area contributed by atoms with Gasteiger partial charge in [0.15, 0.2) is 11.5 Å². The van der Waals surface area contributed by atoms with E-state index in [1.54, 1.807) is 18.2 Å². The van der Waals surface area contributed by atoms with E-state index in [1.807, 2.05) is 0 Å². The van der Waals surface area contributed by atoms with Gasteiger partial charge >= 0.3 is 0 Å². The van der Waals surface area contributed by atoms with Crippen LogP contribution in [0.5, 0.6) is 11.5 Å². The molecule has 1 aromatic rings. The zero-order valence-corrected chi connectivity index (χ0v) is 13.0. The summed E-state index contributed by atoms with van der Waals surface area (Å²) in [6.07, 6.45) is 4.60. The number of ether oxygens (including phenoxy) is 1. The number of aryl methyl sites for hydroxylation is 1. The number of ketones is 1. The lowest BCUT2D eigenvalue weighted by Crippen LogP contribution is -2.13. The van der Waals surface area contributed by atoms with Crippen LogP contribution in [0.2, 0.25) is 0 Å². The van der Waals surface area contributed by atoms with Crippen molar-refractivity contribution < 1.29 is 19.7 Å². The summed E-state index contributed by atoms with van der Waals surface area (Å²) in [5.41, 5.74) is 0.943. The molecule has 0 saturated heterocycles. The molecule has 0 aliphatic rings. The summed E-state index contributed by atoms with van der Waals surface area (Å²) in [6.45, 7) is 2.11. The second-order valence-electron chi connectivity index (χ2n) is 5.40. The molecular formula is C17H26O4. The number of phenols is 1. The van der Waals surface area contributed by atoms with Gasteiger partial charge < -0.3 is 14.9 Å². The Kier molecular flexibility index (Phi) is 7.83. The molecule has 0 aromatic heterocycles. The number of aromatic hydroxyl groups is 1. The van der Waals surface area contributed by atoms with Crippen LogP contribution in [0.15, 0.2) is 18.2 Å². The van der Waals surface area contributed by atoms with Crippen molar-refractivity contribution in [2.24, 2.45) is 0 Å². The van der Waals surface area contributed by atoms with Crippen molar-refractivity contribution in [2.45, 2.75) is 58.0 Å². The first-order valence-corrected chi connectivity index (χ1v) is 7.62. The van der Waals surface area contributed by atoms with Crippen molar-refractivity contribution in [1.29, 1.82) is 0 Å². The smallest absolute Gasteiger partial charge is 0.160 e. The third-order valence-electron chi connectivity index (χ3n) is 3.54. The largest absolute Gasteiger partial charge is 0.504 e. The Labute approximate surface area is 126 Å². The van der Waals surface area contributed by atoms with Gasteiger partial charge in [0.2, 0.25) is 0 Å². The molecule has 1 rings (SSSR count). The molecule has 1 atom stereocenters. The zero-order chi connectivity index (χ0) is 15.7. The summed E-state index contributed by atoms with van der Waals surface area (Å²) in [5.74, 6) is 0.588. The van der Waals surface area contributed by atoms with E-state index < -0.39 is 6.10 Å². The number of Topliss-reactive ketones (excluding diaryl/α,β-unsaturated/α-hetero) is 1. The molecule has 0 radical (unpaired) electrons. The van der Waals surface area contributed by atoms with Crippen LogP contribution in [0, 0.1) is 0 Å². The highest BCUT2D eigenvalue weighted by Crippen LogP contribution is 2.26. The number of phenolic OH excluding ortho intramolecular Hbond substituents is 1. The van der Waals surface area contributed by atoms with Gasteiger partial charge in [0.05, 0.1) is 13.2 Å². The van der Waals surface area contributed by atoms with Crippen LogP contribution < -0.4 is 4.74 Å². The monoisotopic (exact) mass is 295 g/mol. The summed E-state index contributed by atoms with van der Waals surface area (Å²) in [7, 11) is 1.50. The first kappa shape index (κ1) is 17.5. The molecule has 0 bridgehead atoms. The van der Waals surface area contributed by atoms with E-state index in [-0.39, 0.29) is 18.0 Å². The Bertz CT molecular complexity index is 442. The quantitative estimate of drug-likeness (QED) is 0.514. The maximum atomic E-state index is 11.8. The van der Waals surface area contributed by atoms with E-state index in [1.165, 1.54) is 7.11 Å².